The summed E-state index contributed by atoms with van der Waals surface area (Å²) >= 11 is 0. The maximum absolute atomic E-state index is 9.67. The van der Waals surface area contributed by atoms with Gasteiger partial charge in [-0.3, -0.25) is 4.90 Å². The molecule has 2 aliphatic heterocycles. The number of aliphatic hydroxyl groups is 1. The fraction of sp³-hybridized carbons (Fsp3) is 0.750. The van der Waals surface area contributed by atoms with Crippen molar-refractivity contribution in [1.82, 2.24) is 9.81 Å². The maximum Gasteiger partial charge on any atom is 0.214 e. The van der Waals surface area contributed by atoms with E-state index in [-0.39, 0.29) is 12.1 Å². The molecule has 2 N–H and O–H groups in total. The molecule has 0 bridgehead atoms. The average molecular weight is 181 g/mol. The van der Waals surface area contributed by atoms with E-state index in [1.807, 2.05) is 0 Å². The van der Waals surface area contributed by atoms with E-state index in [0.29, 0.717) is 6.54 Å². The molecule has 1 fully saturated rings. The molecular formula is C8H13N4O+. The lowest BCUT2D eigenvalue weighted by Crippen LogP contribution is -2.32. The molecule has 0 aromatic heterocycles. The number of nitrogens with one attached hydrogen (secondary N) is 1. The van der Waals surface area contributed by atoms with Gasteiger partial charge in [-0.05, 0) is 12.0 Å². The van der Waals surface area contributed by atoms with Gasteiger partial charge in [0.1, 0.15) is 17.2 Å². The highest BCUT2D eigenvalue weighted by atomic mass is 16.3. The Kier molecular flexibility index (Phi) is 2.22. The van der Waals surface area contributed by atoms with Gasteiger partial charge in [0.2, 0.25) is 4.91 Å². The van der Waals surface area contributed by atoms with Crippen molar-refractivity contribution in [3.05, 3.63) is 11.6 Å². The number of rotatable bonds is 2. The molecule has 13 heavy (non-hydrogen) atoms. The van der Waals surface area contributed by atoms with Crippen LogP contribution in [-0.2, 0) is 0 Å². The van der Waals surface area contributed by atoms with Gasteiger partial charge in [0, 0.05) is 13.1 Å². The smallest absolute Gasteiger partial charge is 0.214 e. The van der Waals surface area contributed by atoms with E-state index >= 15 is 0 Å². The minimum Gasteiger partial charge on any atom is -0.391 e. The third-order valence-corrected chi connectivity index (χ3v) is 2.76. The second-order valence-corrected chi connectivity index (χ2v) is 3.47. The van der Waals surface area contributed by atoms with E-state index in [0.717, 1.165) is 25.1 Å². The van der Waals surface area contributed by atoms with Gasteiger partial charge in [0.25, 0.3) is 0 Å². The Bertz CT molecular complexity index is 282. The zero-order valence-corrected chi connectivity index (χ0v) is 7.35. The maximum atomic E-state index is 9.67. The van der Waals surface area contributed by atoms with Gasteiger partial charge < -0.3 is 5.11 Å². The van der Waals surface area contributed by atoms with E-state index in [1.54, 1.807) is 0 Å². The van der Waals surface area contributed by atoms with Crippen molar-refractivity contribution >= 4 is 0 Å². The first-order valence-electron chi connectivity index (χ1n) is 4.47. The lowest BCUT2D eigenvalue weighted by molar-refractivity contribution is 0.146. The monoisotopic (exact) mass is 181 g/mol. The molecule has 70 valence electrons. The van der Waals surface area contributed by atoms with Crippen LogP contribution in [0.2, 0.25) is 0 Å². The van der Waals surface area contributed by atoms with Gasteiger partial charge in [0.15, 0.2) is 0 Å². The van der Waals surface area contributed by atoms with Crippen LogP contribution < -0.4 is 4.91 Å². The van der Waals surface area contributed by atoms with Gasteiger partial charge >= 0.3 is 0 Å². The van der Waals surface area contributed by atoms with Gasteiger partial charge in [-0.1, -0.05) is 6.08 Å². The number of fused-ring (bicyclic) bond motifs is 1. The number of hydrogen-bond acceptors (Lipinski definition) is 4. The predicted octanol–water partition coefficient (Wildman–Crippen LogP) is -0.0880. The zero-order chi connectivity index (χ0) is 9.26. The first-order chi connectivity index (χ1) is 6.33. The van der Waals surface area contributed by atoms with Crippen LogP contribution in [0.5, 0.6) is 0 Å². The molecular weight excluding hydrogens is 168 g/mol. The molecule has 2 rings (SSSR count). The quantitative estimate of drug-likeness (QED) is 0.355. The summed E-state index contributed by atoms with van der Waals surface area (Å²) in [7, 11) is 0. The van der Waals surface area contributed by atoms with E-state index in [2.05, 4.69) is 21.0 Å². The Morgan fingerprint density at radius 1 is 1.77 bits per heavy atom. The van der Waals surface area contributed by atoms with Crippen molar-refractivity contribution in [2.45, 2.75) is 18.6 Å². The Morgan fingerprint density at radius 3 is 3.38 bits per heavy atom. The van der Waals surface area contributed by atoms with E-state index < -0.39 is 0 Å². The molecule has 2 aliphatic rings. The highest BCUT2D eigenvalue weighted by molar-refractivity contribution is 5.23. The second-order valence-electron chi connectivity index (χ2n) is 3.47. The molecule has 0 aliphatic carbocycles. The lowest BCUT2D eigenvalue weighted by atomic mass is 10.1. The fourth-order valence-corrected chi connectivity index (χ4v) is 2.16. The Labute approximate surface area is 76.3 Å². The fourth-order valence-electron chi connectivity index (χ4n) is 2.16. The van der Waals surface area contributed by atoms with Crippen molar-refractivity contribution in [1.29, 1.82) is 5.53 Å². The zero-order valence-electron chi connectivity index (χ0n) is 7.35. The first-order valence-corrected chi connectivity index (χ1v) is 4.47. The van der Waals surface area contributed by atoms with Crippen LogP contribution in [-0.4, -0.2) is 41.8 Å². The molecule has 0 radical (unpaired) electrons. The van der Waals surface area contributed by atoms with Crippen molar-refractivity contribution in [2.75, 3.05) is 19.6 Å². The number of aliphatic hydroxyl groups excluding tert-OH is 1. The summed E-state index contributed by atoms with van der Waals surface area (Å²) in [4.78, 5) is 5.21. The second kappa shape index (κ2) is 3.38. The Balaban J connectivity index is 2.08. The van der Waals surface area contributed by atoms with Gasteiger partial charge in [-0.15, -0.1) is 0 Å². The summed E-state index contributed by atoms with van der Waals surface area (Å²) in [6.07, 6.45) is 2.68. The summed E-state index contributed by atoms with van der Waals surface area (Å²) in [6.45, 7) is 2.33. The van der Waals surface area contributed by atoms with E-state index in [9.17, 15) is 5.11 Å². The molecule has 2 unspecified atom stereocenters. The standard InChI is InChI=1S/C8H13N4O/c9-11-10-5-6-1-3-12-4-2-7(13)8(6)12/h1,7-9,13H,2-5H2/q+1. The topological polar surface area (TPSA) is 73.8 Å². The average Bonchev–Trinajstić information content (AvgIpc) is 2.67. The van der Waals surface area contributed by atoms with Crippen molar-refractivity contribution in [3.8, 4) is 0 Å². The van der Waals surface area contributed by atoms with Crippen LogP contribution in [0.25, 0.3) is 0 Å². The Morgan fingerprint density at radius 2 is 2.62 bits per heavy atom. The van der Waals surface area contributed by atoms with Crippen LogP contribution in [0.15, 0.2) is 16.8 Å². The van der Waals surface area contributed by atoms with Crippen LogP contribution >= 0.6 is 0 Å². The van der Waals surface area contributed by atoms with Crippen molar-refractivity contribution in [3.63, 3.8) is 0 Å². The minimum absolute atomic E-state index is 0.144. The van der Waals surface area contributed by atoms with Gasteiger partial charge in [-0.2, -0.15) is 0 Å². The van der Waals surface area contributed by atoms with Crippen LogP contribution in [0.3, 0.4) is 0 Å². The van der Waals surface area contributed by atoms with Crippen LogP contribution in [0.4, 0.5) is 0 Å². The van der Waals surface area contributed by atoms with Crippen LogP contribution in [0.1, 0.15) is 6.42 Å². The van der Waals surface area contributed by atoms with Crippen molar-refractivity contribution in [2.24, 2.45) is 5.11 Å². The van der Waals surface area contributed by atoms with Crippen LogP contribution in [0, 0.1) is 5.53 Å². The predicted molar refractivity (Wildman–Crippen MR) is 46.2 cm³/mol. The number of hydrogen-bond donors (Lipinski definition) is 2. The Hall–Kier alpha value is -1.03. The molecule has 5 nitrogen and oxygen atoms in total. The largest absolute Gasteiger partial charge is 0.391 e. The summed E-state index contributed by atoms with van der Waals surface area (Å²) in [5, 5.41) is 13.3. The van der Waals surface area contributed by atoms with E-state index in [4.69, 9.17) is 5.53 Å². The third kappa shape index (κ3) is 1.42. The van der Waals surface area contributed by atoms with E-state index in [1.165, 1.54) is 0 Å². The molecule has 0 saturated carbocycles. The number of nitrogens with zero attached hydrogens (tertiary/aromatic N) is 3. The molecule has 1 saturated heterocycles. The van der Waals surface area contributed by atoms with Gasteiger partial charge in [0.05, 0.1) is 12.1 Å². The first kappa shape index (κ1) is 8.56. The highest BCUT2D eigenvalue weighted by Crippen LogP contribution is 2.28. The summed E-state index contributed by atoms with van der Waals surface area (Å²) < 4.78 is 0. The normalized spacial score (nSPS) is 32.5. The molecule has 0 aromatic rings. The molecule has 2 heterocycles. The molecule has 2 atom stereocenters. The SMILES string of the molecule is N=[N+]=NCC1=CCN2CCC(O)C12. The minimum atomic E-state index is -0.255. The lowest BCUT2D eigenvalue weighted by Gasteiger charge is -2.18. The third-order valence-electron chi connectivity index (χ3n) is 2.76. The molecule has 0 amide bonds. The molecule has 5 heteroatoms. The summed E-state index contributed by atoms with van der Waals surface area (Å²) in [5.74, 6) is 0. The molecule has 0 aromatic carbocycles. The van der Waals surface area contributed by atoms with Crippen molar-refractivity contribution < 1.29 is 5.11 Å². The highest BCUT2D eigenvalue weighted by Gasteiger charge is 2.38. The summed E-state index contributed by atoms with van der Waals surface area (Å²) in [6, 6.07) is 0.144. The van der Waals surface area contributed by atoms with Gasteiger partial charge in [-0.25, -0.2) is 0 Å². The summed E-state index contributed by atoms with van der Waals surface area (Å²) in [5.41, 5.74) is 7.67. The molecule has 0 spiro atoms.